The first-order chi connectivity index (χ1) is 9.75. The quantitative estimate of drug-likeness (QED) is 0.917. The number of likely N-dealkylation sites (tertiary alicyclic amines) is 1. The van der Waals surface area contributed by atoms with E-state index in [1.54, 1.807) is 0 Å². The van der Waals surface area contributed by atoms with Crippen molar-refractivity contribution in [2.45, 2.75) is 50.6 Å². The summed E-state index contributed by atoms with van der Waals surface area (Å²) in [5, 5.41) is 9.49. The Balaban J connectivity index is 1.69. The molecule has 3 unspecified atom stereocenters. The molecule has 0 spiro atoms. The van der Waals surface area contributed by atoms with Gasteiger partial charge in [-0.2, -0.15) is 0 Å². The first-order valence-electron chi connectivity index (χ1n) is 7.78. The van der Waals surface area contributed by atoms with Crippen LogP contribution in [0.5, 0.6) is 0 Å². The molecular weight excluding hydrogens is 250 g/mol. The van der Waals surface area contributed by atoms with Gasteiger partial charge in [-0.05, 0) is 37.2 Å². The third-order valence-electron chi connectivity index (χ3n) is 5.01. The first kappa shape index (κ1) is 13.6. The maximum atomic E-state index is 11.5. The van der Waals surface area contributed by atoms with E-state index in [1.165, 1.54) is 31.2 Å². The van der Waals surface area contributed by atoms with Crippen LogP contribution in [0, 0.1) is 5.92 Å². The van der Waals surface area contributed by atoms with Crippen molar-refractivity contribution in [1.29, 1.82) is 0 Å². The Bertz CT molecular complexity index is 459. The Kier molecular flexibility index (Phi) is 4.06. The van der Waals surface area contributed by atoms with E-state index in [2.05, 4.69) is 29.2 Å². The van der Waals surface area contributed by atoms with Crippen LogP contribution in [0.3, 0.4) is 0 Å². The number of aliphatic carboxylic acids is 1. The number of rotatable bonds is 4. The molecule has 1 aromatic carbocycles. The van der Waals surface area contributed by atoms with E-state index in [0.29, 0.717) is 12.0 Å². The van der Waals surface area contributed by atoms with E-state index in [0.717, 1.165) is 19.4 Å². The lowest BCUT2D eigenvalue weighted by atomic mass is 9.84. The highest BCUT2D eigenvalue weighted by atomic mass is 16.4. The van der Waals surface area contributed by atoms with Crippen LogP contribution >= 0.6 is 0 Å². The van der Waals surface area contributed by atoms with Crippen molar-refractivity contribution < 1.29 is 9.90 Å². The van der Waals surface area contributed by atoms with Crippen molar-refractivity contribution in [3.8, 4) is 0 Å². The minimum Gasteiger partial charge on any atom is -0.480 e. The van der Waals surface area contributed by atoms with Crippen molar-refractivity contribution in [1.82, 2.24) is 4.90 Å². The van der Waals surface area contributed by atoms with E-state index in [4.69, 9.17) is 0 Å². The van der Waals surface area contributed by atoms with Crippen LogP contribution in [-0.2, 0) is 11.2 Å². The van der Waals surface area contributed by atoms with Gasteiger partial charge in [-0.15, -0.1) is 0 Å². The highest BCUT2D eigenvalue weighted by Crippen LogP contribution is 2.39. The zero-order chi connectivity index (χ0) is 13.9. The molecule has 3 heteroatoms. The maximum Gasteiger partial charge on any atom is 0.320 e. The molecule has 2 aliphatic rings. The Hall–Kier alpha value is -1.35. The van der Waals surface area contributed by atoms with Crippen LogP contribution in [0.4, 0.5) is 0 Å². The van der Waals surface area contributed by atoms with Gasteiger partial charge in [0, 0.05) is 12.6 Å². The van der Waals surface area contributed by atoms with Crippen LogP contribution < -0.4 is 0 Å². The summed E-state index contributed by atoms with van der Waals surface area (Å²) >= 11 is 0. The molecule has 1 aliphatic carbocycles. The van der Waals surface area contributed by atoms with Crippen molar-refractivity contribution in [3.05, 3.63) is 35.9 Å². The molecule has 0 amide bonds. The zero-order valence-electron chi connectivity index (χ0n) is 11.9. The second-order valence-corrected chi connectivity index (χ2v) is 6.18. The number of carboxylic acids is 1. The van der Waals surface area contributed by atoms with Gasteiger partial charge in [0.05, 0.1) is 0 Å². The van der Waals surface area contributed by atoms with Gasteiger partial charge in [0.1, 0.15) is 6.04 Å². The lowest BCUT2D eigenvalue weighted by Crippen LogP contribution is -2.43. The summed E-state index contributed by atoms with van der Waals surface area (Å²) in [6.45, 7) is 0.877. The fraction of sp³-hybridized carbons (Fsp3) is 0.588. The summed E-state index contributed by atoms with van der Waals surface area (Å²) in [5.74, 6) is -0.0203. The Labute approximate surface area is 120 Å². The van der Waals surface area contributed by atoms with Gasteiger partial charge in [0.2, 0.25) is 0 Å². The van der Waals surface area contributed by atoms with Crippen molar-refractivity contribution >= 4 is 5.97 Å². The number of hydrogen-bond acceptors (Lipinski definition) is 2. The standard InChI is InChI=1S/C17H23NO2/c19-17(20)16-12-14-8-4-5-9-15(14)18(16)11-10-13-6-2-1-3-7-13/h1-3,6-7,14-16H,4-5,8-12H2,(H,19,20). The lowest BCUT2D eigenvalue weighted by molar-refractivity contribution is -0.142. The number of carbonyl (C=O) groups is 1. The summed E-state index contributed by atoms with van der Waals surface area (Å²) < 4.78 is 0. The third kappa shape index (κ3) is 2.73. The average molecular weight is 273 g/mol. The molecule has 0 radical (unpaired) electrons. The molecule has 108 valence electrons. The van der Waals surface area contributed by atoms with Gasteiger partial charge in [-0.1, -0.05) is 43.2 Å². The van der Waals surface area contributed by atoms with Crippen molar-refractivity contribution in [3.63, 3.8) is 0 Å². The van der Waals surface area contributed by atoms with Crippen molar-refractivity contribution in [2.75, 3.05) is 6.54 Å². The topological polar surface area (TPSA) is 40.5 Å². The fourth-order valence-electron chi connectivity index (χ4n) is 4.02. The van der Waals surface area contributed by atoms with E-state index in [-0.39, 0.29) is 6.04 Å². The van der Waals surface area contributed by atoms with Crippen LogP contribution in [0.15, 0.2) is 30.3 Å². The summed E-state index contributed by atoms with van der Waals surface area (Å²) in [7, 11) is 0. The van der Waals surface area contributed by atoms with Gasteiger partial charge in [-0.3, -0.25) is 9.69 Å². The van der Waals surface area contributed by atoms with Crippen LogP contribution in [0.1, 0.15) is 37.7 Å². The molecule has 1 saturated carbocycles. The molecule has 1 aliphatic heterocycles. The number of nitrogens with zero attached hydrogens (tertiary/aromatic N) is 1. The van der Waals surface area contributed by atoms with E-state index < -0.39 is 5.97 Å². The fourth-order valence-corrected chi connectivity index (χ4v) is 4.02. The molecule has 1 aromatic rings. The second-order valence-electron chi connectivity index (χ2n) is 6.18. The zero-order valence-corrected chi connectivity index (χ0v) is 11.9. The summed E-state index contributed by atoms with van der Waals surface area (Å²) in [6, 6.07) is 10.6. The average Bonchev–Trinajstić information content (AvgIpc) is 2.85. The van der Waals surface area contributed by atoms with E-state index in [1.807, 2.05) is 6.07 Å². The monoisotopic (exact) mass is 273 g/mol. The Morgan fingerprint density at radius 2 is 1.95 bits per heavy atom. The minimum atomic E-state index is -0.632. The number of benzene rings is 1. The second kappa shape index (κ2) is 5.96. The van der Waals surface area contributed by atoms with Gasteiger partial charge in [0.15, 0.2) is 0 Å². The molecule has 20 heavy (non-hydrogen) atoms. The van der Waals surface area contributed by atoms with Gasteiger partial charge in [0.25, 0.3) is 0 Å². The molecule has 3 atom stereocenters. The predicted molar refractivity (Wildman–Crippen MR) is 78.6 cm³/mol. The number of hydrogen-bond donors (Lipinski definition) is 1. The number of carboxylic acid groups (broad SMARTS) is 1. The largest absolute Gasteiger partial charge is 0.480 e. The summed E-state index contributed by atoms with van der Waals surface area (Å²) in [6.07, 6.45) is 6.75. The highest BCUT2D eigenvalue weighted by Gasteiger charge is 2.44. The molecule has 0 aromatic heterocycles. The highest BCUT2D eigenvalue weighted by molar-refractivity contribution is 5.74. The van der Waals surface area contributed by atoms with Gasteiger partial charge in [-0.25, -0.2) is 0 Å². The predicted octanol–water partition coefficient (Wildman–Crippen LogP) is 2.95. The van der Waals surface area contributed by atoms with Crippen LogP contribution in [0.25, 0.3) is 0 Å². The number of fused-ring (bicyclic) bond motifs is 1. The van der Waals surface area contributed by atoms with Gasteiger partial charge < -0.3 is 5.11 Å². The van der Waals surface area contributed by atoms with Crippen molar-refractivity contribution in [2.24, 2.45) is 5.92 Å². The van der Waals surface area contributed by atoms with E-state index in [9.17, 15) is 9.90 Å². The lowest BCUT2D eigenvalue weighted by Gasteiger charge is -2.33. The SMILES string of the molecule is O=C(O)C1CC2CCCCC2N1CCc1ccccc1. The maximum absolute atomic E-state index is 11.5. The minimum absolute atomic E-state index is 0.258. The Morgan fingerprint density at radius 3 is 2.70 bits per heavy atom. The molecule has 1 heterocycles. The summed E-state index contributed by atoms with van der Waals surface area (Å²) in [5.41, 5.74) is 1.30. The molecule has 1 saturated heterocycles. The van der Waals surface area contributed by atoms with E-state index >= 15 is 0 Å². The van der Waals surface area contributed by atoms with Crippen LogP contribution in [-0.4, -0.2) is 34.6 Å². The molecule has 2 fully saturated rings. The molecule has 0 bridgehead atoms. The molecule has 1 N–H and O–H groups in total. The third-order valence-corrected chi connectivity index (χ3v) is 5.01. The first-order valence-corrected chi connectivity index (χ1v) is 7.78. The van der Waals surface area contributed by atoms with Crippen LogP contribution in [0.2, 0.25) is 0 Å². The molecular formula is C17H23NO2. The Morgan fingerprint density at radius 1 is 1.20 bits per heavy atom. The van der Waals surface area contributed by atoms with Gasteiger partial charge >= 0.3 is 5.97 Å². The molecule has 3 rings (SSSR count). The smallest absolute Gasteiger partial charge is 0.320 e. The normalized spacial score (nSPS) is 30.1. The molecule has 3 nitrogen and oxygen atoms in total. The summed E-state index contributed by atoms with van der Waals surface area (Å²) in [4.78, 5) is 13.8.